The molecule has 0 aliphatic carbocycles. The number of urea groups is 1. The molecule has 2 unspecified atom stereocenters. The second kappa shape index (κ2) is 5.99. The number of nitrogens with zero attached hydrogens (tertiary/aromatic N) is 1. The minimum atomic E-state index is -3.06. The summed E-state index contributed by atoms with van der Waals surface area (Å²) in [7, 11) is -3.06. The Kier molecular flexibility index (Phi) is 4.52. The van der Waals surface area contributed by atoms with Crippen molar-refractivity contribution in [2.75, 3.05) is 18.1 Å². The van der Waals surface area contributed by atoms with Crippen LogP contribution in [0.3, 0.4) is 0 Å². The molecule has 0 spiro atoms. The number of amides is 2. The van der Waals surface area contributed by atoms with Gasteiger partial charge >= 0.3 is 12.0 Å². The lowest BCUT2D eigenvalue weighted by Crippen LogP contribution is -2.50. The Morgan fingerprint density at radius 3 is 2.65 bits per heavy atom. The van der Waals surface area contributed by atoms with Crippen LogP contribution < -0.4 is 5.32 Å². The third-order valence-corrected chi connectivity index (χ3v) is 5.66. The highest BCUT2D eigenvalue weighted by Crippen LogP contribution is 2.21. The summed E-state index contributed by atoms with van der Waals surface area (Å²) in [5.41, 5.74) is 0. The Morgan fingerprint density at radius 1 is 1.25 bits per heavy atom. The van der Waals surface area contributed by atoms with E-state index in [0.717, 1.165) is 6.42 Å². The van der Waals surface area contributed by atoms with Crippen LogP contribution in [0, 0.1) is 0 Å². The fourth-order valence-electron chi connectivity index (χ4n) is 2.91. The standard InChI is InChI=1S/C12H20N2O5S/c15-11(16)7-10-4-1-5-14(10)12(17)13-9-3-2-6-20(18,19)8-9/h9-10H,1-8H2,(H,13,17)(H,15,16). The van der Waals surface area contributed by atoms with E-state index >= 15 is 0 Å². The van der Waals surface area contributed by atoms with Gasteiger partial charge in [-0.1, -0.05) is 0 Å². The van der Waals surface area contributed by atoms with Crippen molar-refractivity contribution in [2.45, 2.75) is 44.2 Å². The third-order valence-electron chi connectivity index (χ3n) is 3.84. The number of rotatable bonds is 3. The summed E-state index contributed by atoms with van der Waals surface area (Å²) in [5, 5.41) is 11.6. The van der Waals surface area contributed by atoms with Crippen LogP contribution in [0.4, 0.5) is 4.79 Å². The zero-order valence-electron chi connectivity index (χ0n) is 11.2. The highest BCUT2D eigenvalue weighted by molar-refractivity contribution is 7.91. The minimum absolute atomic E-state index is 0.0177. The molecule has 2 atom stereocenters. The van der Waals surface area contributed by atoms with E-state index in [0.29, 0.717) is 25.8 Å². The highest BCUT2D eigenvalue weighted by Gasteiger charge is 2.33. The summed E-state index contributed by atoms with van der Waals surface area (Å²) in [6, 6.07) is -0.976. The van der Waals surface area contributed by atoms with Gasteiger partial charge in [0.1, 0.15) is 0 Å². The number of nitrogens with one attached hydrogen (secondary N) is 1. The van der Waals surface area contributed by atoms with Gasteiger partial charge in [-0.25, -0.2) is 13.2 Å². The van der Waals surface area contributed by atoms with Crippen molar-refractivity contribution in [1.29, 1.82) is 0 Å². The van der Waals surface area contributed by atoms with Crippen molar-refractivity contribution in [3.8, 4) is 0 Å². The Bertz CT molecular complexity index is 490. The Labute approximate surface area is 118 Å². The molecular weight excluding hydrogens is 284 g/mol. The van der Waals surface area contributed by atoms with Crippen molar-refractivity contribution < 1.29 is 23.1 Å². The molecule has 2 aliphatic heterocycles. The van der Waals surface area contributed by atoms with Gasteiger partial charge in [-0.3, -0.25) is 4.79 Å². The molecular formula is C12H20N2O5S. The van der Waals surface area contributed by atoms with Crippen LogP contribution in [0.1, 0.15) is 32.1 Å². The monoisotopic (exact) mass is 304 g/mol. The molecule has 8 heteroatoms. The molecule has 2 aliphatic rings. The van der Waals surface area contributed by atoms with E-state index in [1.807, 2.05) is 0 Å². The van der Waals surface area contributed by atoms with Gasteiger partial charge in [0.25, 0.3) is 0 Å². The summed E-state index contributed by atoms with van der Waals surface area (Å²) in [6.07, 6.45) is 2.63. The van der Waals surface area contributed by atoms with Crippen molar-refractivity contribution in [1.82, 2.24) is 10.2 Å². The van der Waals surface area contributed by atoms with Gasteiger partial charge in [0, 0.05) is 18.6 Å². The molecule has 0 radical (unpaired) electrons. The van der Waals surface area contributed by atoms with E-state index < -0.39 is 15.8 Å². The van der Waals surface area contributed by atoms with E-state index in [4.69, 9.17) is 5.11 Å². The zero-order valence-corrected chi connectivity index (χ0v) is 12.1. The second-order valence-corrected chi connectivity index (χ2v) is 7.72. The molecule has 7 nitrogen and oxygen atoms in total. The predicted octanol–water partition coefficient (Wildman–Crippen LogP) is 0.212. The van der Waals surface area contributed by atoms with Crippen LogP contribution >= 0.6 is 0 Å². The first kappa shape index (κ1) is 15.1. The molecule has 0 bridgehead atoms. The molecule has 0 aromatic heterocycles. The molecule has 114 valence electrons. The summed E-state index contributed by atoms with van der Waals surface area (Å²) < 4.78 is 23.1. The largest absolute Gasteiger partial charge is 0.481 e. The smallest absolute Gasteiger partial charge is 0.317 e. The van der Waals surface area contributed by atoms with Crippen LogP contribution in [-0.2, 0) is 14.6 Å². The van der Waals surface area contributed by atoms with E-state index in [-0.39, 0.29) is 36.0 Å². The minimum Gasteiger partial charge on any atom is -0.481 e. The third kappa shape index (κ3) is 3.84. The van der Waals surface area contributed by atoms with Gasteiger partial charge in [-0.15, -0.1) is 0 Å². The SMILES string of the molecule is O=C(O)CC1CCCN1C(=O)NC1CCCS(=O)(=O)C1. The molecule has 0 saturated carbocycles. The first-order valence-electron chi connectivity index (χ1n) is 6.87. The van der Waals surface area contributed by atoms with Crippen LogP contribution in [0.15, 0.2) is 0 Å². The van der Waals surface area contributed by atoms with Crippen LogP contribution in [0.5, 0.6) is 0 Å². The number of sulfone groups is 1. The molecule has 0 aromatic rings. The first-order valence-corrected chi connectivity index (χ1v) is 8.69. The fraction of sp³-hybridized carbons (Fsp3) is 0.833. The van der Waals surface area contributed by atoms with Gasteiger partial charge in [0.05, 0.1) is 17.9 Å². The summed E-state index contributed by atoms with van der Waals surface area (Å²) in [4.78, 5) is 24.4. The lowest BCUT2D eigenvalue weighted by Gasteiger charge is -2.28. The average Bonchev–Trinajstić information content (AvgIpc) is 2.74. The zero-order chi connectivity index (χ0) is 14.8. The molecule has 2 fully saturated rings. The molecule has 2 N–H and O–H groups in total. The number of likely N-dealkylation sites (tertiary alicyclic amines) is 1. The van der Waals surface area contributed by atoms with Crippen molar-refractivity contribution >= 4 is 21.8 Å². The van der Waals surface area contributed by atoms with Gasteiger partial charge in [0.15, 0.2) is 9.84 Å². The van der Waals surface area contributed by atoms with E-state index in [9.17, 15) is 18.0 Å². The number of carbonyl (C=O) groups excluding carboxylic acids is 1. The van der Waals surface area contributed by atoms with E-state index in [2.05, 4.69) is 5.32 Å². The Morgan fingerprint density at radius 2 is 2.00 bits per heavy atom. The van der Waals surface area contributed by atoms with Crippen molar-refractivity contribution in [3.63, 3.8) is 0 Å². The Hall–Kier alpha value is -1.31. The number of hydrogen-bond donors (Lipinski definition) is 2. The summed E-state index contributed by atoms with van der Waals surface area (Å²) >= 11 is 0. The van der Waals surface area contributed by atoms with Crippen LogP contribution in [0.2, 0.25) is 0 Å². The van der Waals surface area contributed by atoms with E-state index in [1.165, 1.54) is 4.90 Å². The molecule has 2 heterocycles. The number of carboxylic acid groups (broad SMARTS) is 1. The molecule has 0 aromatic carbocycles. The number of hydrogen-bond acceptors (Lipinski definition) is 4. The molecule has 2 amide bonds. The average molecular weight is 304 g/mol. The molecule has 20 heavy (non-hydrogen) atoms. The topological polar surface area (TPSA) is 104 Å². The van der Waals surface area contributed by atoms with Gasteiger partial charge in [0.2, 0.25) is 0 Å². The van der Waals surface area contributed by atoms with Crippen LogP contribution in [-0.4, -0.2) is 60.6 Å². The highest BCUT2D eigenvalue weighted by atomic mass is 32.2. The molecule has 2 rings (SSSR count). The fourth-order valence-corrected chi connectivity index (χ4v) is 4.55. The number of carboxylic acids is 1. The summed E-state index contributed by atoms with van der Waals surface area (Å²) in [6.45, 7) is 0.531. The number of carbonyl (C=O) groups is 2. The quantitative estimate of drug-likeness (QED) is 0.776. The number of aliphatic carboxylic acids is 1. The van der Waals surface area contributed by atoms with E-state index in [1.54, 1.807) is 0 Å². The predicted molar refractivity (Wildman–Crippen MR) is 72.2 cm³/mol. The lowest BCUT2D eigenvalue weighted by molar-refractivity contribution is -0.137. The van der Waals surface area contributed by atoms with Gasteiger partial charge in [-0.05, 0) is 25.7 Å². The maximum Gasteiger partial charge on any atom is 0.317 e. The van der Waals surface area contributed by atoms with Crippen molar-refractivity contribution in [2.24, 2.45) is 0 Å². The maximum atomic E-state index is 12.1. The van der Waals surface area contributed by atoms with Gasteiger partial charge in [-0.2, -0.15) is 0 Å². The molecule has 2 saturated heterocycles. The second-order valence-electron chi connectivity index (χ2n) is 5.49. The van der Waals surface area contributed by atoms with Crippen molar-refractivity contribution in [3.05, 3.63) is 0 Å². The maximum absolute atomic E-state index is 12.1. The van der Waals surface area contributed by atoms with Gasteiger partial charge < -0.3 is 15.3 Å². The Balaban J connectivity index is 1.92. The lowest BCUT2D eigenvalue weighted by atomic mass is 10.1. The first-order chi connectivity index (χ1) is 9.37. The van der Waals surface area contributed by atoms with Crippen LogP contribution in [0.25, 0.3) is 0 Å². The summed E-state index contributed by atoms with van der Waals surface area (Å²) in [5.74, 6) is -0.754. The normalized spacial score (nSPS) is 29.1.